The highest BCUT2D eigenvalue weighted by atomic mass is 16.2. The molecule has 22 heavy (non-hydrogen) atoms. The number of aryl methyl sites for hydroxylation is 1. The molecule has 0 aliphatic carbocycles. The summed E-state index contributed by atoms with van der Waals surface area (Å²) in [7, 11) is 0. The van der Waals surface area contributed by atoms with Gasteiger partial charge in [0.15, 0.2) is 5.82 Å². The van der Waals surface area contributed by atoms with E-state index in [0.717, 1.165) is 16.7 Å². The molecule has 5 nitrogen and oxygen atoms in total. The third kappa shape index (κ3) is 2.74. The smallest absolute Gasteiger partial charge is 0.254 e. The average molecular weight is 292 g/mol. The second-order valence-electron chi connectivity index (χ2n) is 5.08. The molecule has 0 radical (unpaired) electrons. The minimum absolute atomic E-state index is 0.110. The van der Waals surface area contributed by atoms with Crippen LogP contribution in [0.15, 0.2) is 54.6 Å². The van der Waals surface area contributed by atoms with E-state index in [9.17, 15) is 4.79 Å². The van der Waals surface area contributed by atoms with Crippen molar-refractivity contribution < 1.29 is 4.79 Å². The molecule has 0 unspecified atom stereocenters. The Hall–Kier alpha value is -2.95. The maximum Gasteiger partial charge on any atom is 0.254 e. The van der Waals surface area contributed by atoms with E-state index in [-0.39, 0.29) is 18.3 Å². The van der Waals surface area contributed by atoms with E-state index in [1.807, 2.05) is 61.5 Å². The average Bonchev–Trinajstić information content (AvgIpc) is 2.90. The summed E-state index contributed by atoms with van der Waals surface area (Å²) < 4.78 is 1.18. The zero-order chi connectivity index (χ0) is 15.5. The highest BCUT2D eigenvalue weighted by molar-refractivity contribution is 5.83. The van der Waals surface area contributed by atoms with Crippen molar-refractivity contribution in [1.29, 1.82) is 0 Å². The number of anilines is 1. The highest BCUT2D eigenvalue weighted by Crippen LogP contribution is 2.20. The Morgan fingerprint density at radius 1 is 1.09 bits per heavy atom. The summed E-state index contributed by atoms with van der Waals surface area (Å²) in [6, 6.07) is 17.2. The summed E-state index contributed by atoms with van der Waals surface area (Å²) in [6.07, 6.45) is 0.238. The van der Waals surface area contributed by atoms with Gasteiger partial charge in [-0.05, 0) is 18.1 Å². The van der Waals surface area contributed by atoms with E-state index < -0.39 is 0 Å². The van der Waals surface area contributed by atoms with Gasteiger partial charge < -0.3 is 5.73 Å². The molecule has 0 amide bonds. The maximum absolute atomic E-state index is 12.3. The molecule has 0 saturated heterocycles. The van der Waals surface area contributed by atoms with Gasteiger partial charge in [-0.25, -0.2) is 0 Å². The standard InChI is InChI=1S/C17H16N4O/c1-12-7-5-6-10-14(12)16-19-17(18)21(20-16)15(22)11-13-8-3-2-4-9-13/h2-10H,11H2,1H3,(H2,18,19,20). The first-order valence-electron chi connectivity index (χ1n) is 7.01. The number of carbonyl (C=O) groups is 1. The van der Waals surface area contributed by atoms with Gasteiger partial charge in [0.05, 0.1) is 6.42 Å². The van der Waals surface area contributed by atoms with E-state index in [2.05, 4.69) is 10.1 Å². The first-order valence-corrected chi connectivity index (χ1v) is 7.01. The number of hydrogen-bond donors (Lipinski definition) is 1. The lowest BCUT2D eigenvalue weighted by atomic mass is 10.1. The quantitative estimate of drug-likeness (QED) is 0.805. The second-order valence-corrected chi connectivity index (χ2v) is 5.08. The molecule has 3 rings (SSSR count). The molecule has 1 aromatic heterocycles. The molecule has 0 bridgehead atoms. The van der Waals surface area contributed by atoms with E-state index in [0.29, 0.717) is 5.82 Å². The zero-order valence-electron chi connectivity index (χ0n) is 12.2. The number of aromatic nitrogens is 3. The lowest BCUT2D eigenvalue weighted by molar-refractivity contribution is 0.0901. The van der Waals surface area contributed by atoms with Crippen LogP contribution in [0.5, 0.6) is 0 Å². The summed E-state index contributed by atoms with van der Waals surface area (Å²) in [5, 5.41) is 4.27. The second kappa shape index (κ2) is 5.81. The summed E-state index contributed by atoms with van der Waals surface area (Å²) in [6.45, 7) is 1.97. The molecule has 0 aliphatic rings. The van der Waals surface area contributed by atoms with Crippen molar-refractivity contribution in [3.8, 4) is 11.4 Å². The Morgan fingerprint density at radius 3 is 2.50 bits per heavy atom. The third-order valence-corrected chi connectivity index (χ3v) is 3.45. The number of benzene rings is 2. The summed E-state index contributed by atoms with van der Waals surface area (Å²) in [4.78, 5) is 16.6. The van der Waals surface area contributed by atoms with Gasteiger partial charge in [0.2, 0.25) is 5.95 Å². The van der Waals surface area contributed by atoms with Crippen LogP contribution in [0.3, 0.4) is 0 Å². The SMILES string of the molecule is Cc1ccccc1-c1nc(N)n(C(=O)Cc2ccccc2)n1. The highest BCUT2D eigenvalue weighted by Gasteiger charge is 2.16. The van der Waals surface area contributed by atoms with Crippen LogP contribution in [0.1, 0.15) is 15.9 Å². The van der Waals surface area contributed by atoms with Gasteiger partial charge in [-0.15, -0.1) is 5.10 Å². The number of hydrogen-bond acceptors (Lipinski definition) is 4. The van der Waals surface area contributed by atoms with Gasteiger partial charge in [0, 0.05) is 5.56 Å². The van der Waals surface area contributed by atoms with Crippen LogP contribution < -0.4 is 5.73 Å². The minimum Gasteiger partial charge on any atom is -0.368 e. The van der Waals surface area contributed by atoms with Crippen LogP contribution in [-0.4, -0.2) is 20.7 Å². The predicted molar refractivity (Wildman–Crippen MR) is 85.4 cm³/mol. The molecule has 2 aromatic carbocycles. The minimum atomic E-state index is -0.198. The maximum atomic E-state index is 12.3. The summed E-state index contributed by atoms with van der Waals surface area (Å²) >= 11 is 0. The van der Waals surface area contributed by atoms with Gasteiger partial charge in [-0.3, -0.25) is 4.79 Å². The fourth-order valence-corrected chi connectivity index (χ4v) is 2.29. The Bertz CT molecular complexity index is 809. The van der Waals surface area contributed by atoms with Crippen molar-refractivity contribution in [2.75, 3.05) is 5.73 Å². The topological polar surface area (TPSA) is 73.8 Å². The van der Waals surface area contributed by atoms with Crippen molar-refractivity contribution in [2.45, 2.75) is 13.3 Å². The molecule has 0 saturated carbocycles. The molecule has 0 spiro atoms. The van der Waals surface area contributed by atoms with Crippen molar-refractivity contribution in [2.24, 2.45) is 0 Å². The first-order chi connectivity index (χ1) is 10.6. The van der Waals surface area contributed by atoms with Crippen LogP contribution in [0.2, 0.25) is 0 Å². The Kier molecular flexibility index (Phi) is 3.70. The van der Waals surface area contributed by atoms with Crippen LogP contribution in [0.4, 0.5) is 5.95 Å². The molecule has 1 heterocycles. The summed E-state index contributed by atoms with van der Waals surface area (Å²) in [5.74, 6) is 0.382. The molecule has 0 atom stereocenters. The van der Waals surface area contributed by atoms with E-state index in [1.165, 1.54) is 4.68 Å². The van der Waals surface area contributed by atoms with Gasteiger partial charge in [-0.1, -0.05) is 54.6 Å². The van der Waals surface area contributed by atoms with E-state index in [4.69, 9.17) is 5.73 Å². The van der Waals surface area contributed by atoms with Crippen LogP contribution in [0, 0.1) is 6.92 Å². The Morgan fingerprint density at radius 2 is 1.77 bits per heavy atom. The molecule has 110 valence electrons. The fourth-order valence-electron chi connectivity index (χ4n) is 2.29. The number of nitrogens with two attached hydrogens (primary N) is 1. The molecular formula is C17H16N4O. The van der Waals surface area contributed by atoms with Crippen LogP contribution in [0.25, 0.3) is 11.4 Å². The molecule has 0 fully saturated rings. The van der Waals surface area contributed by atoms with Gasteiger partial charge in [-0.2, -0.15) is 9.67 Å². The van der Waals surface area contributed by atoms with Gasteiger partial charge in [0.25, 0.3) is 5.91 Å². The normalized spacial score (nSPS) is 10.6. The lowest BCUT2D eigenvalue weighted by Gasteiger charge is -2.02. The van der Waals surface area contributed by atoms with Crippen molar-refractivity contribution in [3.63, 3.8) is 0 Å². The monoisotopic (exact) mass is 292 g/mol. The van der Waals surface area contributed by atoms with Crippen LogP contribution in [-0.2, 0) is 6.42 Å². The van der Waals surface area contributed by atoms with E-state index in [1.54, 1.807) is 0 Å². The summed E-state index contributed by atoms with van der Waals surface area (Å²) in [5.41, 5.74) is 8.68. The fraction of sp³-hybridized carbons (Fsp3) is 0.118. The number of nitrogens with zero attached hydrogens (tertiary/aromatic N) is 3. The van der Waals surface area contributed by atoms with Gasteiger partial charge in [0.1, 0.15) is 0 Å². The lowest BCUT2D eigenvalue weighted by Crippen LogP contribution is -2.17. The zero-order valence-corrected chi connectivity index (χ0v) is 12.2. The van der Waals surface area contributed by atoms with Crippen molar-refractivity contribution in [1.82, 2.24) is 14.8 Å². The number of rotatable bonds is 3. The molecule has 2 N–H and O–H groups in total. The molecule has 5 heteroatoms. The van der Waals surface area contributed by atoms with Crippen LogP contribution >= 0.6 is 0 Å². The Balaban J connectivity index is 1.90. The van der Waals surface area contributed by atoms with Crippen molar-refractivity contribution in [3.05, 3.63) is 65.7 Å². The van der Waals surface area contributed by atoms with Gasteiger partial charge >= 0.3 is 0 Å². The molecule has 3 aromatic rings. The van der Waals surface area contributed by atoms with Crippen molar-refractivity contribution >= 4 is 11.9 Å². The third-order valence-electron chi connectivity index (χ3n) is 3.45. The first kappa shape index (κ1) is 14.0. The Labute approximate surface area is 128 Å². The number of nitrogen functional groups attached to an aromatic ring is 1. The predicted octanol–water partition coefficient (Wildman–Crippen LogP) is 2.72. The number of carbonyl (C=O) groups excluding carboxylic acids is 1. The molecule has 0 aliphatic heterocycles. The molecular weight excluding hydrogens is 276 g/mol. The van der Waals surface area contributed by atoms with E-state index >= 15 is 0 Å². The largest absolute Gasteiger partial charge is 0.368 e.